The number of hydrogen-bond donors (Lipinski definition) is 1. The highest BCUT2D eigenvalue weighted by Crippen LogP contribution is 2.39. The van der Waals surface area contributed by atoms with E-state index < -0.39 is 23.3 Å². The molecule has 4 rings (SSSR count). The molecule has 0 aromatic heterocycles. The number of aliphatic hydroxyl groups excluding tert-OH is 1. The molecule has 1 N–H and O–H groups in total. The van der Waals surface area contributed by atoms with E-state index in [-0.39, 0.29) is 41.4 Å². The highest BCUT2D eigenvalue weighted by Gasteiger charge is 2.28. The molecule has 0 heterocycles. The summed E-state index contributed by atoms with van der Waals surface area (Å²) in [5.74, 6) is -3.83. The summed E-state index contributed by atoms with van der Waals surface area (Å²) >= 11 is 0. The van der Waals surface area contributed by atoms with Crippen LogP contribution in [-0.4, -0.2) is 17.8 Å². The van der Waals surface area contributed by atoms with Crippen LogP contribution in [0.5, 0.6) is 5.75 Å². The summed E-state index contributed by atoms with van der Waals surface area (Å²) in [7, 11) is 0. The number of ether oxygens (including phenoxy) is 1. The predicted molar refractivity (Wildman–Crippen MR) is 139 cm³/mol. The number of halogens is 4. The van der Waals surface area contributed by atoms with Gasteiger partial charge in [-0.25, -0.2) is 13.2 Å². The Morgan fingerprint density at radius 2 is 1.57 bits per heavy atom. The predicted octanol–water partition coefficient (Wildman–Crippen LogP) is 8.30. The van der Waals surface area contributed by atoms with E-state index in [1.165, 1.54) is 24.3 Å². The van der Waals surface area contributed by atoms with Crippen LogP contribution in [-0.2, 0) is 0 Å². The van der Waals surface area contributed by atoms with E-state index in [4.69, 9.17) is 4.74 Å². The number of hydrogen-bond acceptors (Lipinski definition) is 2. The lowest BCUT2D eigenvalue weighted by Gasteiger charge is -2.30. The molecular weight excluding hydrogens is 480 g/mol. The van der Waals surface area contributed by atoms with Crippen molar-refractivity contribution >= 4 is 12.2 Å². The molecule has 1 fully saturated rings. The van der Waals surface area contributed by atoms with E-state index in [0.717, 1.165) is 25.7 Å². The molecule has 0 bridgehead atoms. The average molecular weight is 511 g/mol. The largest absolute Gasteiger partial charge is 0.486 e. The molecule has 6 heteroatoms. The molecule has 1 atom stereocenters. The Kier molecular flexibility index (Phi) is 8.49. The summed E-state index contributed by atoms with van der Waals surface area (Å²) in [6.07, 6.45) is 7.14. The van der Waals surface area contributed by atoms with E-state index in [2.05, 4.69) is 6.58 Å². The average Bonchev–Trinajstić information content (AvgIpc) is 2.91. The minimum atomic E-state index is -1.07. The van der Waals surface area contributed by atoms with E-state index in [9.17, 15) is 13.9 Å². The zero-order valence-corrected chi connectivity index (χ0v) is 20.7. The maximum absolute atomic E-state index is 15.0. The molecular formula is C31H30F4O2. The van der Waals surface area contributed by atoms with Crippen LogP contribution in [0.4, 0.5) is 17.6 Å². The normalized spacial score (nSPS) is 18.6. The topological polar surface area (TPSA) is 29.5 Å². The second-order valence-electron chi connectivity index (χ2n) is 9.52. The molecule has 194 valence electrons. The van der Waals surface area contributed by atoms with Crippen molar-refractivity contribution in [2.45, 2.75) is 44.6 Å². The third kappa shape index (κ3) is 5.96. The van der Waals surface area contributed by atoms with Gasteiger partial charge in [-0.1, -0.05) is 61.2 Å². The van der Waals surface area contributed by atoms with Crippen LogP contribution in [0.3, 0.4) is 0 Å². The molecule has 0 saturated heterocycles. The highest BCUT2D eigenvalue weighted by atomic mass is 19.2. The highest BCUT2D eigenvalue weighted by molar-refractivity contribution is 5.73. The van der Waals surface area contributed by atoms with Gasteiger partial charge in [0.1, 0.15) is 6.61 Å². The first kappa shape index (κ1) is 26.7. The number of aliphatic hydroxyl groups is 1. The van der Waals surface area contributed by atoms with Gasteiger partial charge in [-0.05, 0) is 73.3 Å². The van der Waals surface area contributed by atoms with Crippen LogP contribution < -0.4 is 4.74 Å². The third-order valence-electron chi connectivity index (χ3n) is 7.12. The smallest absolute Gasteiger partial charge is 0.201 e. The molecule has 0 spiro atoms. The van der Waals surface area contributed by atoms with Gasteiger partial charge in [0.05, 0.1) is 6.10 Å². The fraction of sp³-hybridized carbons (Fsp3) is 0.290. The summed E-state index contributed by atoms with van der Waals surface area (Å²) in [5, 5.41) is 9.79. The van der Waals surface area contributed by atoms with E-state index in [0.29, 0.717) is 16.7 Å². The quantitative estimate of drug-likeness (QED) is 0.188. The van der Waals surface area contributed by atoms with Crippen LogP contribution in [0.15, 0.2) is 61.2 Å². The molecule has 0 radical (unpaired) electrons. The first-order chi connectivity index (χ1) is 17.8. The SMILES string of the molecule is C=CCOc1ccc(/C=C/c2ccc(-c3ccc(C4CCC(C(C)O)CC4)c(F)c3F)cc2)c(F)c1F. The zero-order chi connectivity index (χ0) is 26.5. The van der Waals surface area contributed by atoms with Gasteiger partial charge in [-0.15, -0.1) is 0 Å². The molecule has 3 aromatic carbocycles. The minimum absolute atomic E-state index is 0.0544. The fourth-order valence-corrected chi connectivity index (χ4v) is 4.91. The second-order valence-corrected chi connectivity index (χ2v) is 9.52. The summed E-state index contributed by atoms with van der Waals surface area (Å²) in [6.45, 7) is 5.32. The van der Waals surface area contributed by atoms with Crippen molar-refractivity contribution in [2.24, 2.45) is 5.92 Å². The maximum Gasteiger partial charge on any atom is 0.201 e. The number of rotatable bonds is 8. The first-order valence-electron chi connectivity index (χ1n) is 12.5. The van der Waals surface area contributed by atoms with Crippen molar-refractivity contribution in [1.29, 1.82) is 0 Å². The Balaban J connectivity index is 1.48. The molecule has 37 heavy (non-hydrogen) atoms. The lowest BCUT2D eigenvalue weighted by molar-refractivity contribution is 0.0964. The molecule has 3 aromatic rings. The molecule has 2 nitrogen and oxygen atoms in total. The zero-order valence-electron chi connectivity index (χ0n) is 20.7. The van der Waals surface area contributed by atoms with Crippen LogP contribution >= 0.6 is 0 Å². The van der Waals surface area contributed by atoms with Gasteiger partial charge in [0.15, 0.2) is 23.2 Å². The minimum Gasteiger partial charge on any atom is -0.486 e. The van der Waals surface area contributed by atoms with Crippen LogP contribution in [0, 0.1) is 29.2 Å². The number of benzene rings is 3. The van der Waals surface area contributed by atoms with Crippen molar-refractivity contribution in [3.8, 4) is 16.9 Å². The fourth-order valence-electron chi connectivity index (χ4n) is 4.91. The van der Waals surface area contributed by atoms with Crippen LogP contribution in [0.25, 0.3) is 23.3 Å². The summed E-state index contributed by atoms with van der Waals surface area (Å²) in [4.78, 5) is 0. The Morgan fingerprint density at radius 3 is 2.22 bits per heavy atom. The van der Waals surface area contributed by atoms with E-state index >= 15 is 8.78 Å². The van der Waals surface area contributed by atoms with E-state index in [1.54, 1.807) is 49.4 Å². The van der Waals surface area contributed by atoms with Gasteiger partial charge in [-0.2, -0.15) is 4.39 Å². The van der Waals surface area contributed by atoms with Gasteiger partial charge >= 0.3 is 0 Å². The lowest BCUT2D eigenvalue weighted by atomic mass is 9.76. The standard InChI is InChI=1S/C31H30F4O2/c1-3-18-37-27-17-14-24(28(32)31(27)35)9-6-20-4-7-22(8-5-20)25-15-16-26(30(34)29(25)33)23-12-10-21(11-13-23)19(2)36/h3-9,14-17,19,21,23,36H,1,10-13,18H2,2H3/b9-6+. The van der Waals surface area contributed by atoms with Crippen molar-refractivity contribution in [3.63, 3.8) is 0 Å². The van der Waals surface area contributed by atoms with Gasteiger partial charge in [0.25, 0.3) is 0 Å². The Hall–Kier alpha value is -3.38. The Labute approximate surface area is 214 Å². The monoisotopic (exact) mass is 510 g/mol. The molecule has 1 aliphatic carbocycles. The molecule has 1 unspecified atom stereocenters. The van der Waals surface area contributed by atoms with Gasteiger partial charge in [0, 0.05) is 11.1 Å². The van der Waals surface area contributed by atoms with Crippen molar-refractivity contribution in [3.05, 3.63) is 101 Å². The molecule has 1 saturated carbocycles. The van der Waals surface area contributed by atoms with Crippen LogP contribution in [0.2, 0.25) is 0 Å². The molecule has 1 aliphatic rings. The summed E-state index contributed by atoms with van der Waals surface area (Å²) in [6, 6.07) is 12.8. The Morgan fingerprint density at radius 1 is 0.865 bits per heavy atom. The van der Waals surface area contributed by atoms with E-state index in [1.807, 2.05) is 0 Å². The molecule has 0 amide bonds. The Bertz CT molecular complexity index is 1270. The maximum atomic E-state index is 15.0. The third-order valence-corrected chi connectivity index (χ3v) is 7.12. The lowest BCUT2D eigenvalue weighted by Crippen LogP contribution is -2.23. The van der Waals surface area contributed by atoms with Crippen molar-refractivity contribution in [1.82, 2.24) is 0 Å². The van der Waals surface area contributed by atoms with Crippen molar-refractivity contribution < 1.29 is 27.4 Å². The summed E-state index contributed by atoms with van der Waals surface area (Å²) < 4.78 is 63.7. The second kappa shape index (κ2) is 11.8. The molecule has 0 aliphatic heterocycles. The van der Waals surface area contributed by atoms with Gasteiger partial charge in [-0.3, -0.25) is 0 Å². The first-order valence-corrected chi connectivity index (χ1v) is 12.5. The van der Waals surface area contributed by atoms with Crippen molar-refractivity contribution in [2.75, 3.05) is 6.61 Å². The summed E-state index contributed by atoms with van der Waals surface area (Å²) in [5.41, 5.74) is 1.80. The van der Waals surface area contributed by atoms with Gasteiger partial charge < -0.3 is 9.84 Å². The van der Waals surface area contributed by atoms with Crippen LogP contribution in [0.1, 0.15) is 55.2 Å². The van der Waals surface area contributed by atoms with Gasteiger partial charge in [0.2, 0.25) is 5.82 Å².